The van der Waals surface area contributed by atoms with Crippen molar-refractivity contribution in [1.29, 1.82) is 0 Å². The number of aromatic hydroxyl groups is 1. The molecular formula is C23H27N5O. The monoisotopic (exact) mass is 389 g/mol. The number of phenols is 1. The molecule has 1 aromatic carbocycles. The second kappa shape index (κ2) is 7.17. The molecule has 2 aliphatic rings. The maximum Gasteiger partial charge on any atom is 0.151 e. The van der Waals surface area contributed by atoms with Crippen molar-refractivity contribution in [1.82, 2.24) is 19.7 Å². The molecule has 0 radical (unpaired) electrons. The fraction of sp³-hybridized carbons (Fsp3) is 0.435. The summed E-state index contributed by atoms with van der Waals surface area (Å²) in [5, 5.41) is 19.5. The van der Waals surface area contributed by atoms with Crippen LogP contribution in [0, 0.1) is 18.8 Å². The number of hydrogen-bond acceptors (Lipinski definition) is 5. The molecule has 2 bridgehead atoms. The highest BCUT2D eigenvalue weighted by molar-refractivity contribution is 5.69. The van der Waals surface area contributed by atoms with Crippen molar-refractivity contribution in [3.63, 3.8) is 0 Å². The highest BCUT2D eigenvalue weighted by Crippen LogP contribution is 2.43. The van der Waals surface area contributed by atoms with Crippen molar-refractivity contribution < 1.29 is 5.11 Å². The molecule has 0 unspecified atom stereocenters. The van der Waals surface area contributed by atoms with Crippen LogP contribution in [0.5, 0.6) is 5.75 Å². The van der Waals surface area contributed by atoms with Gasteiger partial charge in [-0.15, -0.1) is 10.2 Å². The Morgan fingerprint density at radius 1 is 1.03 bits per heavy atom. The van der Waals surface area contributed by atoms with E-state index in [1.165, 1.54) is 32.1 Å². The lowest BCUT2D eigenvalue weighted by molar-refractivity contribution is 0.312. The van der Waals surface area contributed by atoms with Gasteiger partial charge in [0.2, 0.25) is 0 Å². The topological polar surface area (TPSA) is 67.1 Å². The van der Waals surface area contributed by atoms with E-state index in [-0.39, 0.29) is 5.75 Å². The van der Waals surface area contributed by atoms with E-state index >= 15 is 0 Å². The second-order valence-corrected chi connectivity index (χ2v) is 8.60. The normalized spacial score (nSPS) is 23.3. The molecule has 2 aliphatic carbocycles. The first-order valence-corrected chi connectivity index (χ1v) is 10.5. The maximum atomic E-state index is 10.6. The molecule has 0 saturated heterocycles. The zero-order chi connectivity index (χ0) is 20.0. The summed E-state index contributed by atoms with van der Waals surface area (Å²) in [7, 11) is 2.14. The van der Waals surface area contributed by atoms with Gasteiger partial charge in [0.05, 0.1) is 11.4 Å². The average Bonchev–Trinajstić information content (AvgIpc) is 3.32. The predicted molar refractivity (Wildman–Crippen MR) is 113 cm³/mol. The molecule has 6 heteroatoms. The Balaban J connectivity index is 1.35. The minimum Gasteiger partial charge on any atom is -0.507 e. The van der Waals surface area contributed by atoms with Gasteiger partial charge in [0, 0.05) is 37.1 Å². The van der Waals surface area contributed by atoms with Gasteiger partial charge in [-0.25, -0.2) is 4.98 Å². The first-order valence-electron chi connectivity index (χ1n) is 10.5. The summed E-state index contributed by atoms with van der Waals surface area (Å²) in [6, 6.07) is 10.1. The summed E-state index contributed by atoms with van der Waals surface area (Å²) in [5.41, 5.74) is 2.23. The molecule has 3 aromatic rings. The number of aromatic nitrogens is 4. The molecule has 2 fully saturated rings. The van der Waals surface area contributed by atoms with E-state index < -0.39 is 0 Å². The van der Waals surface area contributed by atoms with E-state index in [1.807, 2.05) is 42.0 Å². The zero-order valence-electron chi connectivity index (χ0n) is 17.0. The van der Waals surface area contributed by atoms with Crippen LogP contribution < -0.4 is 4.90 Å². The largest absolute Gasteiger partial charge is 0.507 e. The fourth-order valence-electron chi connectivity index (χ4n) is 5.17. The SMILES string of the molecule is Cc1nccn1-c1ccc(-c2ccc(N(C)[C@H]3C[C@@H]4CC[C@@H](C4)C3)nn2)c(O)c1. The van der Waals surface area contributed by atoms with Crippen LogP contribution in [0.2, 0.25) is 0 Å². The molecule has 5 rings (SSSR count). The number of imidazole rings is 1. The zero-order valence-corrected chi connectivity index (χ0v) is 17.0. The van der Waals surface area contributed by atoms with Gasteiger partial charge < -0.3 is 14.6 Å². The Bertz CT molecular complexity index is 1000. The van der Waals surface area contributed by atoms with Crippen molar-refractivity contribution in [2.24, 2.45) is 11.8 Å². The van der Waals surface area contributed by atoms with Crippen LogP contribution in [0.3, 0.4) is 0 Å². The molecule has 29 heavy (non-hydrogen) atoms. The van der Waals surface area contributed by atoms with Crippen molar-refractivity contribution in [3.8, 4) is 22.7 Å². The van der Waals surface area contributed by atoms with Gasteiger partial charge in [-0.1, -0.05) is 12.8 Å². The summed E-state index contributed by atoms with van der Waals surface area (Å²) in [5.74, 6) is 3.76. The predicted octanol–water partition coefficient (Wildman–Crippen LogP) is 4.36. The fourth-order valence-corrected chi connectivity index (χ4v) is 5.17. The lowest BCUT2D eigenvalue weighted by Gasteiger charge is -2.35. The molecule has 3 atom stereocenters. The number of fused-ring (bicyclic) bond motifs is 2. The number of phenolic OH excluding ortho intramolecular Hbond substituents is 1. The van der Waals surface area contributed by atoms with E-state index in [0.29, 0.717) is 17.3 Å². The smallest absolute Gasteiger partial charge is 0.151 e. The highest BCUT2D eigenvalue weighted by atomic mass is 16.3. The molecule has 6 nitrogen and oxygen atoms in total. The van der Waals surface area contributed by atoms with E-state index in [2.05, 4.69) is 27.1 Å². The maximum absolute atomic E-state index is 10.6. The van der Waals surface area contributed by atoms with Crippen LogP contribution in [0.1, 0.15) is 37.9 Å². The quantitative estimate of drug-likeness (QED) is 0.718. The third-order valence-corrected chi connectivity index (χ3v) is 6.78. The van der Waals surface area contributed by atoms with Gasteiger partial charge in [-0.05, 0) is 62.3 Å². The van der Waals surface area contributed by atoms with Crippen molar-refractivity contribution in [2.45, 2.75) is 45.1 Å². The van der Waals surface area contributed by atoms with Crippen LogP contribution in [0.15, 0.2) is 42.7 Å². The number of benzene rings is 1. The minimum atomic E-state index is 0.190. The number of anilines is 1. The van der Waals surface area contributed by atoms with E-state index in [1.54, 1.807) is 12.3 Å². The molecule has 2 heterocycles. The second-order valence-electron chi connectivity index (χ2n) is 8.60. The Labute approximate surface area is 171 Å². The first kappa shape index (κ1) is 18.2. The lowest BCUT2D eigenvalue weighted by atomic mass is 9.85. The number of hydrogen-bond donors (Lipinski definition) is 1. The van der Waals surface area contributed by atoms with E-state index in [4.69, 9.17) is 0 Å². The summed E-state index contributed by atoms with van der Waals surface area (Å²) in [6.07, 6.45) is 10.4. The van der Waals surface area contributed by atoms with Crippen molar-refractivity contribution in [2.75, 3.05) is 11.9 Å². The molecule has 2 saturated carbocycles. The van der Waals surface area contributed by atoms with Crippen molar-refractivity contribution in [3.05, 3.63) is 48.5 Å². The third kappa shape index (κ3) is 3.37. The van der Waals surface area contributed by atoms with Crippen LogP contribution in [0.25, 0.3) is 16.9 Å². The molecule has 0 spiro atoms. The number of nitrogens with zero attached hydrogens (tertiary/aromatic N) is 5. The average molecular weight is 390 g/mol. The summed E-state index contributed by atoms with van der Waals surface area (Å²) in [4.78, 5) is 6.53. The van der Waals surface area contributed by atoms with Crippen LogP contribution >= 0.6 is 0 Å². The summed E-state index contributed by atoms with van der Waals surface area (Å²) >= 11 is 0. The molecular weight excluding hydrogens is 362 g/mol. The van der Waals surface area contributed by atoms with Crippen LogP contribution in [-0.4, -0.2) is 37.9 Å². The van der Waals surface area contributed by atoms with Gasteiger partial charge in [-0.3, -0.25) is 0 Å². The van der Waals surface area contributed by atoms with Gasteiger partial charge in [0.15, 0.2) is 5.82 Å². The van der Waals surface area contributed by atoms with Crippen molar-refractivity contribution >= 4 is 5.82 Å². The van der Waals surface area contributed by atoms with E-state index in [0.717, 1.165) is 29.2 Å². The molecule has 1 N–H and O–H groups in total. The van der Waals surface area contributed by atoms with Crippen LogP contribution in [-0.2, 0) is 0 Å². The highest BCUT2D eigenvalue weighted by Gasteiger charge is 2.36. The Kier molecular flexibility index (Phi) is 4.49. The summed E-state index contributed by atoms with van der Waals surface area (Å²) in [6.45, 7) is 1.93. The molecule has 0 aliphatic heterocycles. The first-order chi connectivity index (χ1) is 14.1. The molecule has 150 valence electrons. The van der Waals surface area contributed by atoms with Gasteiger partial charge >= 0.3 is 0 Å². The van der Waals surface area contributed by atoms with Gasteiger partial charge in [0.25, 0.3) is 0 Å². The summed E-state index contributed by atoms with van der Waals surface area (Å²) < 4.78 is 1.94. The van der Waals surface area contributed by atoms with E-state index in [9.17, 15) is 5.11 Å². The number of rotatable bonds is 4. The van der Waals surface area contributed by atoms with Crippen LogP contribution in [0.4, 0.5) is 5.82 Å². The van der Waals surface area contributed by atoms with Gasteiger partial charge in [-0.2, -0.15) is 0 Å². The standard InChI is InChI=1S/C23H27N5O/c1-15-24-9-10-28(15)18-5-6-20(22(29)14-18)21-7-8-23(26-25-21)27(2)19-12-16-3-4-17(11-16)13-19/h5-10,14,16-17,19,29H,3-4,11-13H2,1-2H3/t16-,17+,19+. The Morgan fingerprint density at radius 3 is 2.45 bits per heavy atom. The number of aryl methyl sites for hydroxylation is 1. The Hall–Kier alpha value is -2.89. The third-order valence-electron chi connectivity index (χ3n) is 6.78. The lowest BCUT2D eigenvalue weighted by Crippen LogP contribution is -2.37. The van der Waals surface area contributed by atoms with Gasteiger partial charge in [0.1, 0.15) is 11.6 Å². The molecule has 2 aromatic heterocycles. The Morgan fingerprint density at radius 2 is 1.83 bits per heavy atom. The minimum absolute atomic E-state index is 0.190. The molecule has 0 amide bonds.